The van der Waals surface area contributed by atoms with Crippen molar-refractivity contribution in [3.63, 3.8) is 0 Å². The number of amides is 1. The van der Waals surface area contributed by atoms with E-state index in [1.165, 1.54) is 6.07 Å². The zero-order valence-corrected chi connectivity index (χ0v) is 13.4. The molecule has 0 aliphatic carbocycles. The van der Waals surface area contributed by atoms with Crippen LogP contribution >= 0.6 is 15.9 Å². The number of hydrogen-bond donors (Lipinski definition) is 2. The summed E-state index contributed by atoms with van der Waals surface area (Å²) in [5.74, 6) is -0.404. The van der Waals surface area contributed by atoms with E-state index in [0.29, 0.717) is 16.6 Å². The maximum absolute atomic E-state index is 13.5. The van der Waals surface area contributed by atoms with Crippen molar-refractivity contribution >= 4 is 27.5 Å². The first-order valence-corrected chi connectivity index (χ1v) is 7.31. The first-order valence-electron chi connectivity index (χ1n) is 6.52. The highest BCUT2D eigenvalue weighted by Crippen LogP contribution is 2.24. The molecule has 0 spiro atoms. The van der Waals surface area contributed by atoms with Crippen LogP contribution in [-0.4, -0.2) is 13.0 Å². The molecule has 2 rings (SSSR count). The van der Waals surface area contributed by atoms with E-state index < -0.39 is 0 Å². The van der Waals surface area contributed by atoms with Crippen LogP contribution in [0.3, 0.4) is 0 Å². The fourth-order valence-electron chi connectivity index (χ4n) is 1.95. The topological polar surface area (TPSA) is 41.1 Å². The average Bonchev–Trinajstić information content (AvgIpc) is 2.49. The van der Waals surface area contributed by atoms with Crippen molar-refractivity contribution < 1.29 is 9.18 Å². The molecule has 2 aromatic carbocycles. The minimum Gasteiger partial charge on any atom is -0.381 e. The van der Waals surface area contributed by atoms with Gasteiger partial charge in [0, 0.05) is 24.8 Å². The van der Waals surface area contributed by atoms with Crippen molar-refractivity contribution in [2.45, 2.75) is 13.5 Å². The zero-order valence-electron chi connectivity index (χ0n) is 11.8. The van der Waals surface area contributed by atoms with E-state index in [4.69, 9.17) is 0 Å². The summed E-state index contributed by atoms with van der Waals surface area (Å²) in [6, 6.07) is 10.5. The SMILES string of the molecule is CNC(=O)c1ccc(CNc2cc(F)c(Br)cc2C)cc1. The number of carbonyl (C=O) groups is 1. The normalized spacial score (nSPS) is 10.3. The van der Waals surface area contributed by atoms with Gasteiger partial charge in [0.25, 0.3) is 5.91 Å². The smallest absolute Gasteiger partial charge is 0.251 e. The van der Waals surface area contributed by atoms with Gasteiger partial charge in [-0.2, -0.15) is 0 Å². The lowest BCUT2D eigenvalue weighted by Crippen LogP contribution is -2.17. The Hall–Kier alpha value is -1.88. The van der Waals surface area contributed by atoms with Crippen LogP contribution < -0.4 is 10.6 Å². The number of anilines is 1. The summed E-state index contributed by atoms with van der Waals surface area (Å²) in [7, 11) is 1.60. The lowest BCUT2D eigenvalue weighted by Gasteiger charge is -2.11. The molecular formula is C16H16BrFN2O. The van der Waals surface area contributed by atoms with E-state index in [-0.39, 0.29) is 11.7 Å². The summed E-state index contributed by atoms with van der Waals surface area (Å²) in [6.07, 6.45) is 0. The number of benzene rings is 2. The maximum Gasteiger partial charge on any atom is 0.251 e. The van der Waals surface area contributed by atoms with Crippen LogP contribution in [0.25, 0.3) is 0 Å². The Labute approximate surface area is 131 Å². The predicted octanol–water partition coefficient (Wildman–Crippen LogP) is 3.87. The highest BCUT2D eigenvalue weighted by Gasteiger charge is 2.06. The van der Waals surface area contributed by atoms with Gasteiger partial charge in [-0.1, -0.05) is 12.1 Å². The molecule has 0 radical (unpaired) electrons. The minimum absolute atomic E-state index is 0.111. The maximum atomic E-state index is 13.5. The number of carbonyl (C=O) groups excluding carboxylic acids is 1. The standard InChI is InChI=1S/C16H16BrFN2O/c1-10-7-13(17)14(18)8-15(10)20-9-11-3-5-12(6-4-11)16(21)19-2/h3-8,20H,9H2,1-2H3,(H,19,21). The number of halogens is 2. The van der Waals surface area contributed by atoms with E-state index in [0.717, 1.165) is 16.8 Å². The lowest BCUT2D eigenvalue weighted by molar-refractivity contribution is 0.0963. The molecule has 0 unspecified atom stereocenters. The minimum atomic E-state index is -0.293. The fourth-order valence-corrected chi connectivity index (χ4v) is 2.41. The second-order valence-corrected chi connectivity index (χ2v) is 5.57. The second kappa shape index (κ2) is 6.72. The van der Waals surface area contributed by atoms with Crippen molar-refractivity contribution in [3.05, 3.63) is 63.4 Å². The Morgan fingerprint density at radius 1 is 1.24 bits per heavy atom. The van der Waals surface area contributed by atoms with E-state index in [1.54, 1.807) is 25.2 Å². The van der Waals surface area contributed by atoms with Gasteiger partial charge in [-0.05, 0) is 58.2 Å². The van der Waals surface area contributed by atoms with Gasteiger partial charge in [0.2, 0.25) is 0 Å². The number of nitrogens with one attached hydrogen (secondary N) is 2. The van der Waals surface area contributed by atoms with Crippen LogP contribution in [0.1, 0.15) is 21.5 Å². The number of hydrogen-bond acceptors (Lipinski definition) is 2. The Morgan fingerprint density at radius 3 is 2.52 bits per heavy atom. The summed E-state index contributed by atoms with van der Waals surface area (Å²) in [5, 5.41) is 5.78. The zero-order chi connectivity index (χ0) is 15.4. The Kier molecular flexibility index (Phi) is 4.96. The largest absolute Gasteiger partial charge is 0.381 e. The van der Waals surface area contributed by atoms with Crippen LogP contribution in [0.4, 0.5) is 10.1 Å². The Bertz CT molecular complexity index is 656. The number of rotatable bonds is 4. The molecule has 0 saturated carbocycles. The molecule has 0 heterocycles. The monoisotopic (exact) mass is 350 g/mol. The van der Waals surface area contributed by atoms with Gasteiger partial charge in [0.15, 0.2) is 0 Å². The van der Waals surface area contributed by atoms with Crippen LogP contribution in [0, 0.1) is 12.7 Å². The molecule has 2 aromatic rings. The van der Waals surface area contributed by atoms with Gasteiger partial charge in [-0.3, -0.25) is 4.79 Å². The van der Waals surface area contributed by atoms with Gasteiger partial charge >= 0.3 is 0 Å². The molecule has 0 bridgehead atoms. The fraction of sp³-hybridized carbons (Fsp3) is 0.188. The quantitative estimate of drug-likeness (QED) is 0.878. The molecular weight excluding hydrogens is 335 g/mol. The molecule has 110 valence electrons. The van der Waals surface area contributed by atoms with Gasteiger partial charge in [0.05, 0.1) is 4.47 Å². The molecule has 0 fully saturated rings. The Balaban J connectivity index is 2.06. The third kappa shape index (κ3) is 3.82. The van der Waals surface area contributed by atoms with Crippen molar-refractivity contribution in [1.29, 1.82) is 0 Å². The molecule has 0 aliphatic heterocycles. The molecule has 5 heteroatoms. The van der Waals surface area contributed by atoms with Crippen molar-refractivity contribution in [1.82, 2.24) is 5.32 Å². The third-order valence-electron chi connectivity index (χ3n) is 3.19. The highest BCUT2D eigenvalue weighted by atomic mass is 79.9. The van der Waals surface area contributed by atoms with Gasteiger partial charge in [-0.15, -0.1) is 0 Å². The summed E-state index contributed by atoms with van der Waals surface area (Å²) < 4.78 is 14.0. The lowest BCUT2D eigenvalue weighted by atomic mass is 10.1. The summed E-state index contributed by atoms with van der Waals surface area (Å²) in [4.78, 5) is 11.4. The molecule has 2 N–H and O–H groups in total. The van der Waals surface area contributed by atoms with Crippen molar-refractivity contribution in [3.8, 4) is 0 Å². The second-order valence-electron chi connectivity index (χ2n) is 4.71. The van der Waals surface area contributed by atoms with Crippen LogP contribution in [0.5, 0.6) is 0 Å². The van der Waals surface area contributed by atoms with Crippen LogP contribution in [0.2, 0.25) is 0 Å². The average molecular weight is 351 g/mol. The van der Waals surface area contributed by atoms with E-state index >= 15 is 0 Å². The Morgan fingerprint density at radius 2 is 1.90 bits per heavy atom. The molecule has 21 heavy (non-hydrogen) atoms. The van der Waals surface area contributed by atoms with E-state index in [2.05, 4.69) is 26.6 Å². The predicted molar refractivity (Wildman–Crippen MR) is 86.0 cm³/mol. The molecule has 0 saturated heterocycles. The summed E-state index contributed by atoms with van der Waals surface area (Å²) in [6.45, 7) is 2.48. The van der Waals surface area contributed by atoms with E-state index in [1.807, 2.05) is 19.1 Å². The van der Waals surface area contributed by atoms with Gasteiger partial charge in [0.1, 0.15) is 5.82 Å². The third-order valence-corrected chi connectivity index (χ3v) is 3.80. The van der Waals surface area contributed by atoms with Crippen LogP contribution in [-0.2, 0) is 6.54 Å². The first-order chi connectivity index (χ1) is 10.0. The molecule has 0 atom stereocenters. The molecule has 3 nitrogen and oxygen atoms in total. The highest BCUT2D eigenvalue weighted by molar-refractivity contribution is 9.10. The summed E-state index contributed by atoms with van der Waals surface area (Å²) in [5.41, 5.74) is 3.36. The first kappa shape index (κ1) is 15.5. The number of aryl methyl sites for hydroxylation is 1. The molecule has 0 aromatic heterocycles. The van der Waals surface area contributed by atoms with Crippen LogP contribution in [0.15, 0.2) is 40.9 Å². The van der Waals surface area contributed by atoms with Gasteiger partial charge in [-0.25, -0.2) is 4.39 Å². The molecule has 0 aliphatic rings. The summed E-state index contributed by atoms with van der Waals surface area (Å²) >= 11 is 3.16. The van der Waals surface area contributed by atoms with Crippen molar-refractivity contribution in [2.24, 2.45) is 0 Å². The van der Waals surface area contributed by atoms with Crippen molar-refractivity contribution in [2.75, 3.05) is 12.4 Å². The van der Waals surface area contributed by atoms with Gasteiger partial charge < -0.3 is 10.6 Å². The van der Waals surface area contributed by atoms with E-state index in [9.17, 15) is 9.18 Å². The molecule has 1 amide bonds.